The fourth-order valence-electron chi connectivity index (χ4n) is 3.27. The van der Waals surface area contributed by atoms with Crippen molar-refractivity contribution in [3.8, 4) is 0 Å². The van der Waals surface area contributed by atoms with E-state index in [4.69, 9.17) is 9.73 Å². The van der Waals surface area contributed by atoms with Gasteiger partial charge in [0.2, 0.25) is 0 Å². The van der Waals surface area contributed by atoms with Crippen molar-refractivity contribution in [2.45, 2.75) is 52.2 Å². The molecule has 0 aliphatic carbocycles. The monoisotopic (exact) mass is 524 g/mol. The molecule has 0 aromatic heterocycles. The van der Waals surface area contributed by atoms with Crippen LogP contribution in [0.2, 0.25) is 0 Å². The Labute approximate surface area is 193 Å². The standard InChI is InChI=1S/C20H40N6O2.HI/c1-6-21-18(22-9-7-8-10-25-13-11-24(5)12-14-25)23-17-15-26(16-17)19(27)28-20(2,3)4;/h17H,6-16H2,1-5H3,(H2,21,22,23);1H. The number of amides is 1. The molecule has 9 heteroatoms. The van der Waals surface area contributed by atoms with Gasteiger partial charge in [-0.1, -0.05) is 0 Å². The van der Waals surface area contributed by atoms with Gasteiger partial charge < -0.3 is 30.1 Å². The van der Waals surface area contributed by atoms with Gasteiger partial charge >= 0.3 is 6.09 Å². The molecule has 0 bridgehead atoms. The third-order valence-corrected chi connectivity index (χ3v) is 4.97. The molecular formula is C20H41IN6O2. The quantitative estimate of drug-likeness (QED) is 0.229. The van der Waals surface area contributed by atoms with Gasteiger partial charge in [-0.15, -0.1) is 24.0 Å². The smallest absolute Gasteiger partial charge is 0.410 e. The summed E-state index contributed by atoms with van der Waals surface area (Å²) in [6, 6.07) is 0.232. The molecule has 1 amide bonds. The molecular weight excluding hydrogens is 483 g/mol. The number of nitrogens with zero attached hydrogens (tertiary/aromatic N) is 4. The van der Waals surface area contributed by atoms with Gasteiger partial charge in [-0.2, -0.15) is 0 Å². The van der Waals surface area contributed by atoms with Crippen LogP contribution in [-0.4, -0.2) is 104 Å². The van der Waals surface area contributed by atoms with E-state index in [0.29, 0.717) is 13.1 Å². The van der Waals surface area contributed by atoms with E-state index in [9.17, 15) is 4.79 Å². The topological polar surface area (TPSA) is 72.4 Å². The number of carbonyl (C=O) groups is 1. The molecule has 2 N–H and O–H groups in total. The van der Waals surface area contributed by atoms with E-state index in [-0.39, 0.29) is 36.1 Å². The summed E-state index contributed by atoms with van der Waals surface area (Å²) in [5.74, 6) is 0.843. The average Bonchev–Trinajstić information content (AvgIpc) is 2.57. The largest absolute Gasteiger partial charge is 0.444 e. The summed E-state index contributed by atoms with van der Waals surface area (Å²) >= 11 is 0. The molecule has 0 unspecified atom stereocenters. The van der Waals surface area contributed by atoms with Crippen molar-refractivity contribution in [1.82, 2.24) is 25.3 Å². The number of likely N-dealkylation sites (N-methyl/N-ethyl adjacent to an activating group) is 1. The Bertz CT molecular complexity index is 512. The molecule has 2 aliphatic heterocycles. The molecule has 2 rings (SSSR count). The first kappa shape index (κ1) is 26.2. The number of carbonyl (C=O) groups excluding carboxylic acids is 1. The van der Waals surface area contributed by atoms with E-state index >= 15 is 0 Å². The Balaban J connectivity index is 0.00000420. The molecule has 8 nitrogen and oxygen atoms in total. The zero-order valence-corrected chi connectivity index (χ0v) is 21.2. The molecule has 2 heterocycles. The lowest BCUT2D eigenvalue weighted by Gasteiger charge is -2.40. The first-order valence-electron chi connectivity index (χ1n) is 10.7. The molecule has 2 fully saturated rings. The summed E-state index contributed by atoms with van der Waals surface area (Å²) < 4.78 is 5.40. The maximum Gasteiger partial charge on any atom is 0.410 e. The summed E-state index contributed by atoms with van der Waals surface area (Å²) in [6.07, 6.45) is 2.04. The van der Waals surface area contributed by atoms with E-state index < -0.39 is 5.60 Å². The van der Waals surface area contributed by atoms with Gasteiger partial charge in [0, 0.05) is 52.4 Å². The number of piperazine rings is 1. The molecule has 0 spiro atoms. The molecule has 0 saturated carbocycles. The fourth-order valence-corrected chi connectivity index (χ4v) is 3.27. The van der Waals surface area contributed by atoms with Crippen molar-refractivity contribution in [3.63, 3.8) is 0 Å². The second-order valence-electron chi connectivity index (χ2n) is 8.84. The number of halogens is 1. The molecule has 29 heavy (non-hydrogen) atoms. The first-order chi connectivity index (χ1) is 13.3. The van der Waals surface area contributed by atoms with E-state index in [2.05, 4.69) is 34.4 Å². The number of aliphatic imine (C=N–C) groups is 1. The van der Waals surface area contributed by atoms with Crippen LogP contribution in [0, 0.1) is 0 Å². The predicted octanol–water partition coefficient (Wildman–Crippen LogP) is 1.81. The Hall–Kier alpha value is -0.810. The first-order valence-corrected chi connectivity index (χ1v) is 10.7. The number of hydrogen-bond acceptors (Lipinski definition) is 5. The number of guanidine groups is 1. The van der Waals surface area contributed by atoms with Crippen molar-refractivity contribution < 1.29 is 9.53 Å². The molecule has 0 aromatic rings. The van der Waals surface area contributed by atoms with Crippen LogP contribution in [0.4, 0.5) is 4.79 Å². The Morgan fingerprint density at radius 2 is 1.79 bits per heavy atom. The van der Waals surface area contributed by atoms with Crippen molar-refractivity contribution in [3.05, 3.63) is 0 Å². The summed E-state index contributed by atoms with van der Waals surface area (Å²) in [4.78, 5) is 23.4. The van der Waals surface area contributed by atoms with Gasteiger partial charge in [-0.05, 0) is 54.1 Å². The third-order valence-electron chi connectivity index (χ3n) is 4.97. The maximum absolute atomic E-state index is 12.0. The van der Waals surface area contributed by atoms with Crippen LogP contribution < -0.4 is 10.6 Å². The van der Waals surface area contributed by atoms with Gasteiger partial charge in [0.25, 0.3) is 0 Å². The molecule has 2 saturated heterocycles. The van der Waals surface area contributed by atoms with E-state index in [1.807, 2.05) is 20.8 Å². The highest BCUT2D eigenvalue weighted by molar-refractivity contribution is 14.0. The summed E-state index contributed by atoms with van der Waals surface area (Å²) in [5, 5.41) is 6.72. The van der Waals surface area contributed by atoms with Crippen LogP contribution in [0.5, 0.6) is 0 Å². The van der Waals surface area contributed by atoms with Gasteiger partial charge in [-0.25, -0.2) is 4.79 Å². The highest BCUT2D eigenvalue weighted by Crippen LogP contribution is 2.15. The SMILES string of the molecule is CCNC(=NCCCCN1CCN(C)CC1)NC1CN(C(=O)OC(C)(C)C)C1.I. The Morgan fingerprint density at radius 3 is 2.38 bits per heavy atom. The summed E-state index contributed by atoms with van der Waals surface area (Å²) in [5.41, 5.74) is -0.448. The average molecular weight is 524 g/mol. The number of ether oxygens (including phenoxy) is 1. The van der Waals surface area contributed by atoms with Gasteiger partial charge in [0.1, 0.15) is 5.60 Å². The van der Waals surface area contributed by atoms with Crippen LogP contribution in [0.3, 0.4) is 0 Å². The number of nitrogens with one attached hydrogen (secondary N) is 2. The van der Waals surface area contributed by atoms with Gasteiger partial charge in [0.05, 0.1) is 6.04 Å². The lowest BCUT2D eigenvalue weighted by molar-refractivity contribution is 0.00701. The maximum atomic E-state index is 12.0. The van der Waals surface area contributed by atoms with E-state index in [1.54, 1.807) is 4.90 Å². The molecule has 0 atom stereocenters. The number of likely N-dealkylation sites (tertiary alicyclic amines) is 1. The normalized spacial score (nSPS) is 19.3. The highest BCUT2D eigenvalue weighted by atomic mass is 127. The van der Waals surface area contributed by atoms with Gasteiger partial charge in [0.15, 0.2) is 5.96 Å². The molecule has 170 valence electrons. The van der Waals surface area contributed by atoms with Crippen LogP contribution in [0.25, 0.3) is 0 Å². The van der Waals surface area contributed by atoms with Crippen LogP contribution in [-0.2, 0) is 4.74 Å². The number of rotatable bonds is 7. The Morgan fingerprint density at radius 1 is 1.14 bits per heavy atom. The van der Waals surface area contributed by atoms with Gasteiger partial charge in [-0.3, -0.25) is 4.99 Å². The minimum atomic E-state index is -0.448. The third kappa shape index (κ3) is 10.2. The zero-order chi connectivity index (χ0) is 20.6. The van der Waals surface area contributed by atoms with E-state index in [0.717, 1.165) is 25.5 Å². The molecule has 0 aromatic carbocycles. The van der Waals surface area contributed by atoms with Crippen LogP contribution in [0.1, 0.15) is 40.5 Å². The zero-order valence-electron chi connectivity index (χ0n) is 18.9. The second-order valence-corrected chi connectivity index (χ2v) is 8.84. The minimum Gasteiger partial charge on any atom is -0.444 e. The predicted molar refractivity (Wildman–Crippen MR) is 129 cm³/mol. The highest BCUT2D eigenvalue weighted by Gasteiger charge is 2.34. The van der Waals surface area contributed by atoms with Crippen molar-refractivity contribution in [2.75, 3.05) is 66.0 Å². The van der Waals surface area contributed by atoms with Crippen LogP contribution in [0.15, 0.2) is 4.99 Å². The van der Waals surface area contributed by atoms with Crippen LogP contribution >= 0.6 is 24.0 Å². The second kappa shape index (κ2) is 12.8. The summed E-state index contributed by atoms with van der Waals surface area (Å²) in [7, 11) is 2.19. The summed E-state index contributed by atoms with van der Waals surface area (Å²) in [6.45, 7) is 16.6. The minimum absolute atomic E-state index is 0. The lowest BCUT2D eigenvalue weighted by atomic mass is 10.1. The Kier molecular flexibility index (Phi) is 11.6. The fraction of sp³-hybridized carbons (Fsp3) is 0.900. The molecule has 2 aliphatic rings. The lowest BCUT2D eigenvalue weighted by Crippen LogP contribution is -2.63. The van der Waals surface area contributed by atoms with E-state index in [1.165, 1.54) is 39.1 Å². The molecule has 0 radical (unpaired) electrons. The van der Waals surface area contributed by atoms with Crippen molar-refractivity contribution >= 4 is 36.0 Å². The van der Waals surface area contributed by atoms with Crippen molar-refractivity contribution in [1.29, 1.82) is 0 Å². The number of hydrogen-bond donors (Lipinski definition) is 2. The number of unbranched alkanes of at least 4 members (excludes halogenated alkanes) is 1. The van der Waals surface area contributed by atoms with Crippen molar-refractivity contribution in [2.24, 2.45) is 4.99 Å².